The van der Waals surface area contributed by atoms with Gasteiger partial charge in [-0.25, -0.2) is 4.68 Å². The van der Waals surface area contributed by atoms with Gasteiger partial charge in [0.1, 0.15) is 29.2 Å². The summed E-state index contributed by atoms with van der Waals surface area (Å²) in [5.41, 5.74) is 3.08. The standard InChI is InChI=1S/C22H19N5O2/c1-14-19(22(28)26-17-10-6-7-11-18(17)29-2)20(15-8-4-3-5-9-15)27-21(25-14)16(12-23)13-24-27/h3-11,13,20,25H,1-2H3,(H,26,28)/t20-/m0/s1. The van der Waals surface area contributed by atoms with E-state index in [2.05, 4.69) is 21.8 Å². The lowest BCUT2D eigenvalue weighted by molar-refractivity contribution is -0.113. The van der Waals surface area contributed by atoms with Crippen LogP contribution in [0.15, 0.2) is 72.1 Å². The Balaban J connectivity index is 1.80. The van der Waals surface area contributed by atoms with Gasteiger partial charge in [0.15, 0.2) is 0 Å². The number of para-hydroxylation sites is 2. The first kappa shape index (κ1) is 18.3. The molecule has 2 heterocycles. The Labute approximate surface area is 168 Å². The molecule has 2 aromatic carbocycles. The van der Waals surface area contributed by atoms with Crippen molar-refractivity contribution in [2.45, 2.75) is 13.0 Å². The SMILES string of the molecule is COc1ccccc1NC(=O)C1=C(C)Nc2c(C#N)cnn2[C@H]1c1ccccc1. The molecule has 3 aromatic rings. The molecule has 1 atom stereocenters. The van der Waals surface area contributed by atoms with E-state index in [-0.39, 0.29) is 5.91 Å². The molecule has 4 rings (SSSR count). The summed E-state index contributed by atoms with van der Waals surface area (Å²) in [6.45, 7) is 1.82. The number of fused-ring (bicyclic) bond motifs is 1. The Hall–Kier alpha value is -4.05. The van der Waals surface area contributed by atoms with Crippen LogP contribution < -0.4 is 15.4 Å². The number of nitrogens with one attached hydrogen (secondary N) is 2. The summed E-state index contributed by atoms with van der Waals surface area (Å²) in [6.07, 6.45) is 1.51. The molecule has 0 radical (unpaired) electrons. The number of carbonyl (C=O) groups is 1. The van der Waals surface area contributed by atoms with Crippen LogP contribution >= 0.6 is 0 Å². The summed E-state index contributed by atoms with van der Waals surface area (Å²) in [4.78, 5) is 13.3. The smallest absolute Gasteiger partial charge is 0.255 e. The van der Waals surface area contributed by atoms with Gasteiger partial charge in [0.2, 0.25) is 0 Å². The van der Waals surface area contributed by atoms with Gasteiger partial charge in [0.25, 0.3) is 5.91 Å². The van der Waals surface area contributed by atoms with E-state index in [1.54, 1.807) is 23.9 Å². The fourth-order valence-electron chi connectivity index (χ4n) is 3.51. The van der Waals surface area contributed by atoms with Crippen molar-refractivity contribution in [3.8, 4) is 11.8 Å². The summed E-state index contributed by atoms with van der Waals surface area (Å²) in [5, 5.41) is 19.9. The molecule has 7 nitrogen and oxygen atoms in total. The number of anilines is 2. The van der Waals surface area contributed by atoms with Crippen molar-refractivity contribution in [2.24, 2.45) is 0 Å². The number of benzene rings is 2. The van der Waals surface area contributed by atoms with Crippen LogP contribution in [0.3, 0.4) is 0 Å². The van der Waals surface area contributed by atoms with Gasteiger partial charge in [-0.05, 0) is 24.6 Å². The van der Waals surface area contributed by atoms with Crippen molar-refractivity contribution < 1.29 is 9.53 Å². The van der Waals surface area contributed by atoms with E-state index in [4.69, 9.17) is 4.74 Å². The number of aromatic nitrogens is 2. The summed E-state index contributed by atoms with van der Waals surface area (Å²) in [5.74, 6) is 0.881. The molecule has 0 saturated heterocycles. The number of ether oxygens (including phenoxy) is 1. The normalized spacial score (nSPS) is 15.1. The minimum atomic E-state index is -0.468. The lowest BCUT2D eigenvalue weighted by Gasteiger charge is -2.30. The van der Waals surface area contributed by atoms with E-state index in [0.29, 0.717) is 34.1 Å². The second-order valence-electron chi connectivity index (χ2n) is 6.59. The number of nitriles is 1. The number of hydrogen-bond donors (Lipinski definition) is 2. The predicted molar refractivity (Wildman–Crippen MR) is 109 cm³/mol. The fourth-order valence-corrected chi connectivity index (χ4v) is 3.51. The van der Waals surface area contributed by atoms with Gasteiger partial charge >= 0.3 is 0 Å². The van der Waals surface area contributed by atoms with E-state index >= 15 is 0 Å². The third kappa shape index (κ3) is 3.21. The molecule has 0 unspecified atom stereocenters. The topological polar surface area (TPSA) is 92.0 Å². The maximum Gasteiger partial charge on any atom is 0.255 e. The van der Waals surface area contributed by atoms with Gasteiger partial charge in [0, 0.05) is 5.70 Å². The summed E-state index contributed by atoms with van der Waals surface area (Å²) < 4.78 is 7.02. The fraction of sp³-hybridized carbons (Fsp3) is 0.136. The molecule has 0 aliphatic carbocycles. The summed E-state index contributed by atoms with van der Waals surface area (Å²) >= 11 is 0. The van der Waals surface area contributed by atoms with Gasteiger partial charge < -0.3 is 15.4 Å². The zero-order valence-corrected chi connectivity index (χ0v) is 16.0. The van der Waals surface area contributed by atoms with Gasteiger partial charge in [-0.3, -0.25) is 4.79 Å². The summed E-state index contributed by atoms with van der Waals surface area (Å²) in [6, 6.07) is 18.5. The number of rotatable bonds is 4. The van der Waals surface area contributed by atoms with Crippen molar-refractivity contribution >= 4 is 17.4 Å². The molecule has 0 bridgehead atoms. The number of nitrogens with zero attached hydrogens (tertiary/aromatic N) is 3. The zero-order valence-electron chi connectivity index (χ0n) is 16.0. The molecule has 2 N–H and O–H groups in total. The lowest BCUT2D eigenvalue weighted by atomic mass is 9.94. The van der Waals surface area contributed by atoms with Gasteiger partial charge in [0.05, 0.1) is 24.6 Å². The highest BCUT2D eigenvalue weighted by Crippen LogP contribution is 2.37. The van der Waals surface area contributed by atoms with Crippen molar-refractivity contribution in [3.63, 3.8) is 0 Å². The number of carbonyl (C=O) groups excluding carboxylic acids is 1. The van der Waals surface area contributed by atoms with Crippen LogP contribution in [-0.2, 0) is 4.79 Å². The van der Waals surface area contributed by atoms with Crippen LogP contribution in [0.4, 0.5) is 11.5 Å². The quantitative estimate of drug-likeness (QED) is 0.715. The van der Waals surface area contributed by atoms with Crippen molar-refractivity contribution in [1.82, 2.24) is 9.78 Å². The van der Waals surface area contributed by atoms with Gasteiger partial charge in [-0.2, -0.15) is 10.4 Å². The Morgan fingerprint density at radius 1 is 1.21 bits per heavy atom. The monoisotopic (exact) mass is 385 g/mol. The first-order valence-electron chi connectivity index (χ1n) is 9.08. The van der Waals surface area contributed by atoms with E-state index in [9.17, 15) is 10.1 Å². The lowest BCUT2D eigenvalue weighted by Crippen LogP contribution is -2.31. The predicted octanol–water partition coefficient (Wildman–Crippen LogP) is 3.69. The van der Waals surface area contributed by atoms with Crippen LogP contribution in [-0.4, -0.2) is 22.8 Å². The molecule has 1 aromatic heterocycles. The molecule has 1 aliphatic rings. The molecule has 0 spiro atoms. The first-order valence-corrected chi connectivity index (χ1v) is 9.08. The molecule has 0 fully saturated rings. The van der Waals surface area contributed by atoms with E-state index in [0.717, 1.165) is 5.56 Å². The van der Waals surface area contributed by atoms with E-state index in [1.165, 1.54) is 6.20 Å². The highest BCUT2D eigenvalue weighted by atomic mass is 16.5. The highest BCUT2D eigenvalue weighted by molar-refractivity contribution is 6.06. The van der Waals surface area contributed by atoms with Gasteiger partial charge in [-0.15, -0.1) is 0 Å². The number of amides is 1. The van der Waals surface area contributed by atoms with Crippen molar-refractivity contribution in [1.29, 1.82) is 5.26 Å². The zero-order chi connectivity index (χ0) is 20.4. The van der Waals surface area contributed by atoms with Crippen LogP contribution in [0.2, 0.25) is 0 Å². The molecule has 29 heavy (non-hydrogen) atoms. The van der Waals surface area contributed by atoms with E-state index < -0.39 is 6.04 Å². The molecule has 144 valence electrons. The second-order valence-corrected chi connectivity index (χ2v) is 6.59. The number of methoxy groups -OCH3 is 1. The molecular weight excluding hydrogens is 366 g/mol. The average Bonchev–Trinajstić information content (AvgIpc) is 3.16. The first-order chi connectivity index (χ1) is 14.1. The molecule has 0 saturated carbocycles. The Bertz CT molecular complexity index is 1140. The second kappa shape index (κ2) is 7.52. The van der Waals surface area contributed by atoms with Crippen LogP contribution in [0.25, 0.3) is 0 Å². The molecule has 1 amide bonds. The largest absolute Gasteiger partial charge is 0.495 e. The average molecular weight is 385 g/mol. The summed E-state index contributed by atoms with van der Waals surface area (Å²) in [7, 11) is 1.56. The number of hydrogen-bond acceptors (Lipinski definition) is 5. The highest BCUT2D eigenvalue weighted by Gasteiger charge is 2.34. The molecule has 7 heteroatoms. The van der Waals surface area contributed by atoms with Crippen molar-refractivity contribution in [2.75, 3.05) is 17.7 Å². The maximum atomic E-state index is 13.3. The third-order valence-electron chi connectivity index (χ3n) is 4.86. The third-order valence-corrected chi connectivity index (χ3v) is 4.86. The van der Waals surface area contributed by atoms with Crippen molar-refractivity contribution in [3.05, 3.63) is 83.2 Å². The van der Waals surface area contributed by atoms with Crippen LogP contribution in [0, 0.1) is 11.3 Å². The Morgan fingerprint density at radius 2 is 1.93 bits per heavy atom. The van der Waals surface area contributed by atoms with E-state index in [1.807, 2.05) is 49.4 Å². The van der Waals surface area contributed by atoms with Crippen LogP contribution in [0.1, 0.15) is 24.1 Å². The minimum absolute atomic E-state index is 0.270. The maximum absolute atomic E-state index is 13.3. The Kier molecular flexibility index (Phi) is 4.75. The minimum Gasteiger partial charge on any atom is -0.495 e. The Morgan fingerprint density at radius 3 is 2.66 bits per heavy atom. The number of allylic oxidation sites excluding steroid dienone is 1. The van der Waals surface area contributed by atoms with Crippen LogP contribution in [0.5, 0.6) is 5.75 Å². The molecule has 1 aliphatic heterocycles. The van der Waals surface area contributed by atoms with Gasteiger partial charge in [-0.1, -0.05) is 42.5 Å². The molecular formula is C22H19N5O2.